The largest absolute Gasteiger partial charge is 0.352 e. The molecule has 0 bridgehead atoms. The first-order valence-corrected chi connectivity index (χ1v) is 7.85. The van der Waals surface area contributed by atoms with Gasteiger partial charge < -0.3 is 10.2 Å². The van der Waals surface area contributed by atoms with Gasteiger partial charge in [0, 0.05) is 26.0 Å². The van der Waals surface area contributed by atoms with Crippen LogP contribution in [0.1, 0.15) is 16.3 Å². The first-order chi connectivity index (χ1) is 9.19. The molecule has 4 nitrogen and oxygen atoms in total. The molecule has 2 rings (SSSR count). The summed E-state index contributed by atoms with van der Waals surface area (Å²) in [6.45, 7) is 3.60. The van der Waals surface area contributed by atoms with E-state index in [1.807, 2.05) is 14.0 Å². The quantitative estimate of drug-likeness (QED) is 0.696. The van der Waals surface area contributed by atoms with Crippen LogP contribution in [0.5, 0.6) is 0 Å². The van der Waals surface area contributed by atoms with E-state index in [2.05, 4.69) is 42.4 Å². The van der Waals surface area contributed by atoms with Gasteiger partial charge in [-0.2, -0.15) is 11.3 Å². The zero-order chi connectivity index (χ0) is 13.7. The van der Waals surface area contributed by atoms with Crippen LogP contribution in [-0.4, -0.2) is 29.9 Å². The van der Waals surface area contributed by atoms with Crippen molar-refractivity contribution in [2.24, 2.45) is 4.99 Å². The van der Waals surface area contributed by atoms with E-state index in [1.54, 1.807) is 29.7 Å². The molecule has 0 amide bonds. The Morgan fingerprint density at radius 1 is 1.47 bits per heavy atom. The maximum absolute atomic E-state index is 4.47. The first-order valence-electron chi connectivity index (χ1n) is 6.03. The molecule has 0 aliphatic carbocycles. The highest BCUT2D eigenvalue weighted by Crippen LogP contribution is 2.10. The summed E-state index contributed by atoms with van der Waals surface area (Å²) in [6.07, 6.45) is 0. The third kappa shape index (κ3) is 4.04. The van der Waals surface area contributed by atoms with Crippen LogP contribution < -0.4 is 5.32 Å². The van der Waals surface area contributed by atoms with Gasteiger partial charge in [0.25, 0.3) is 0 Å². The average molecular weight is 294 g/mol. The zero-order valence-corrected chi connectivity index (χ0v) is 13.0. The lowest BCUT2D eigenvalue weighted by molar-refractivity contribution is 0.470. The van der Waals surface area contributed by atoms with E-state index >= 15 is 0 Å². The summed E-state index contributed by atoms with van der Waals surface area (Å²) >= 11 is 3.39. The number of hydrogen-bond acceptors (Lipinski definition) is 4. The van der Waals surface area contributed by atoms with Crippen molar-refractivity contribution in [3.63, 3.8) is 0 Å². The Kier molecular flexibility index (Phi) is 4.93. The van der Waals surface area contributed by atoms with Crippen molar-refractivity contribution in [1.29, 1.82) is 0 Å². The van der Waals surface area contributed by atoms with Crippen molar-refractivity contribution in [3.8, 4) is 0 Å². The molecule has 6 heteroatoms. The zero-order valence-electron chi connectivity index (χ0n) is 11.4. The van der Waals surface area contributed by atoms with E-state index in [1.165, 1.54) is 5.56 Å². The summed E-state index contributed by atoms with van der Waals surface area (Å²) < 4.78 is 0. The van der Waals surface area contributed by atoms with E-state index in [-0.39, 0.29) is 0 Å². The van der Waals surface area contributed by atoms with Crippen molar-refractivity contribution in [2.45, 2.75) is 20.0 Å². The van der Waals surface area contributed by atoms with Gasteiger partial charge in [0.15, 0.2) is 5.96 Å². The van der Waals surface area contributed by atoms with E-state index < -0.39 is 0 Å². The normalized spacial score (nSPS) is 11.6. The van der Waals surface area contributed by atoms with E-state index in [4.69, 9.17) is 0 Å². The molecule has 0 spiro atoms. The smallest absolute Gasteiger partial charge is 0.194 e. The molecule has 0 atom stereocenters. The van der Waals surface area contributed by atoms with Crippen LogP contribution in [0.25, 0.3) is 0 Å². The number of nitrogens with zero attached hydrogens (tertiary/aromatic N) is 3. The van der Waals surface area contributed by atoms with Gasteiger partial charge in [0.2, 0.25) is 0 Å². The number of nitrogens with one attached hydrogen (secondary N) is 1. The number of rotatable bonds is 4. The molecule has 0 radical (unpaired) electrons. The monoisotopic (exact) mass is 294 g/mol. The summed E-state index contributed by atoms with van der Waals surface area (Å²) in [5.41, 5.74) is 2.37. The second kappa shape index (κ2) is 6.68. The molecule has 0 aliphatic rings. The van der Waals surface area contributed by atoms with Crippen LogP contribution in [0.15, 0.2) is 27.2 Å². The molecule has 0 aliphatic heterocycles. The van der Waals surface area contributed by atoms with Crippen molar-refractivity contribution in [1.82, 2.24) is 15.2 Å². The van der Waals surface area contributed by atoms with Gasteiger partial charge in [-0.25, -0.2) is 4.98 Å². The highest BCUT2D eigenvalue weighted by molar-refractivity contribution is 7.09. The van der Waals surface area contributed by atoms with Gasteiger partial charge in [-0.05, 0) is 29.3 Å². The molecule has 102 valence electrons. The molecule has 0 unspecified atom stereocenters. The lowest BCUT2D eigenvalue weighted by Crippen LogP contribution is -2.38. The molecule has 0 saturated heterocycles. The Morgan fingerprint density at radius 3 is 2.89 bits per heavy atom. The van der Waals surface area contributed by atoms with Crippen LogP contribution in [0.2, 0.25) is 0 Å². The lowest BCUT2D eigenvalue weighted by atomic mass is 10.3. The topological polar surface area (TPSA) is 40.5 Å². The van der Waals surface area contributed by atoms with Crippen molar-refractivity contribution < 1.29 is 0 Å². The number of aryl methyl sites for hydroxylation is 1. The van der Waals surface area contributed by atoms with Gasteiger partial charge in [-0.1, -0.05) is 0 Å². The minimum Gasteiger partial charge on any atom is -0.352 e. The number of guanidine groups is 1. The molecule has 2 aromatic rings. The Morgan fingerprint density at radius 2 is 2.32 bits per heavy atom. The van der Waals surface area contributed by atoms with Gasteiger partial charge in [0.05, 0.1) is 17.2 Å². The lowest BCUT2D eigenvalue weighted by Gasteiger charge is -2.21. The van der Waals surface area contributed by atoms with Crippen molar-refractivity contribution >= 4 is 28.6 Å². The number of hydrogen-bond donors (Lipinski definition) is 1. The molecular weight excluding hydrogens is 276 g/mol. The minimum atomic E-state index is 0.771. The molecule has 1 N–H and O–H groups in total. The molecule has 19 heavy (non-hydrogen) atoms. The molecule has 0 aromatic carbocycles. The average Bonchev–Trinajstić information content (AvgIpc) is 3.02. The number of aliphatic imine (C=N–C) groups is 1. The van der Waals surface area contributed by atoms with E-state index in [9.17, 15) is 0 Å². The Bertz CT molecular complexity index is 531. The first kappa shape index (κ1) is 14.0. The SMILES string of the molecule is CN=C(NCc1ccsc1)N(C)Cc1csc(C)n1. The number of aromatic nitrogens is 1. The predicted molar refractivity (Wildman–Crippen MR) is 82.8 cm³/mol. The molecule has 0 fully saturated rings. The standard InChI is InChI=1S/C13H18N4S2/c1-10-16-12(9-19-10)7-17(3)13(14-2)15-6-11-4-5-18-8-11/h4-5,8-9H,6-7H2,1-3H3,(H,14,15). The highest BCUT2D eigenvalue weighted by atomic mass is 32.1. The van der Waals surface area contributed by atoms with Gasteiger partial charge in [-0.3, -0.25) is 4.99 Å². The fourth-order valence-electron chi connectivity index (χ4n) is 1.76. The second-order valence-corrected chi connectivity index (χ2v) is 6.09. The summed E-state index contributed by atoms with van der Waals surface area (Å²) in [6, 6.07) is 2.12. The van der Waals surface area contributed by atoms with Crippen molar-refractivity contribution in [3.05, 3.63) is 38.5 Å². The maximum atomic E-state index is 4.47. The van der Waals surface area contributed by atoms with Crippen LogP contribution >= 0.6 is 22.7 Å². The summed E-state index contributed by atoms with van der Waals surface area (Å²) in [7, 11) is 3.83. The fourth-order valence-corrected chi connectivity index (χ4v) is 3.03. The van der Waals surface area contributed by atoms with Gasteiger partial charge >= 0.3 is 0 Å². The molecule has 2 heterocycles. The van der Waals surface area contributed by atoms with Crippen LogP contribution in [-0.2, 0) is 13.1 Å². The van der Waals surface area contributed by atoms with Crippen LogP contribution in [0.3, 0.4) is 0 Å². The van der Waals surface area contributed by atoms with E-state index in [0.717, 1.165) is 29.8 Å². The summed E-state index contributed by atoms with van der Waals surface area (Å²) in [5.74, 6) is 0.886. The van der Waals surface area contributed by atoms with Gasteiger partial charge in [0.1, 0.15) is 0 Å². The minimum absolute atomic E-state index is 0.771. The third-order valence-corrected chi connectivity index (χ3v) is 4.22. The van der Waals surface area contributed by atoms with Crippen molar-refractivity contribution in [2.75, 3.05) is 14.1 Å². The molecule has 2 aromatic heterocycles. The Labute approximate surface area is 121 Å². The summed E-state index contributed by atoms with van der Waals surface area (Å²) in [5, 5.41) is 10.8. The number of thiophene rings is 1. The highest BCUT2D eigenvalue weighted by Gasteiger charge is 2.08. The fraction of sp³-hybridized carbons (Fsp3) is 0.385. The maximum Gasteiger partial charge on any atom is 0.194 e. The molecular formula is C13H18N4S2. The Balaban J connectivity index is 1.90. The molecule has 0 saturated carbocycles. The summed E-state index contributed by atoms with van der Waals surface area (Å²) in [4.78, 5) is 10.9. The third-order valence-electron chi connectivity index (χ3n) is 2.67. The number of thiazole rings is 1. The Hall–Kier alpha value is -1.40. The predicted octanol–water partition coefficient (Wildman–Crippen LogP) is 2.72. The van der Waals surface area contributed by atoms with Crippen LogP contribution in [0, 0.1) is 6.92 Å². The second-order valence-electron chi connectivity index (χ2n) is 4.25. The van der Waals surface area contributed by atoms with E-state index in [0.29, 0.717) is 0 Å². The van der Waals surface area contributed by atoms with Crippen LogP contribution in [0.4, 0.5) is 0 Å². The van der Waals surface area contributed by atoms with Gasteiger partial charge in [-0.15, -0.1) is 11.3 Å².